The highest BCUT2D eigenvalue weighted by atomic mass is 32.1. The van der Waals surface area contributed by atoms with Crippen molar-refractivity contribution in [2.45, 2.75) is 32.5 Å². The fourth-order valence-electron chi connectivity index (χ4n) is 2.51. The van der Waals surface area contributed by atoms with Crippen LogP contribution < -0.4 is 4.74 Å². The van der Waals surface area contributed by atoms with Crippen molar-refractivity contribution in [2.24, 2.45) is 0 Å². The summed E-state index contributed by atoms with van der Waals surface area (Å²) < 4.78 is 5.84. The lowest BCUT2D eigenvalue weighted by molar-refractivity contribution is 0.0513. The summed E-state index contributed by atoms with van der Waals surface area (Å²) in [4.78, 5) is 2.27. The van der Waals surface area contributed by atoms with Crippen LogP contribution in [0.5, 0.6) is 5.75 Å². The molecule has 3 rings (SSSR count). The third kappa shape index (κ3) is 1.93. The van der Waals surface area contributed by atoms with E-state index in [0.29, 0.717) is 0 Å². The van der Waals surface area contributed by atoms with Gasteiger partial charge in [-0.05, 0) is 37.1 Å². The normalized spacial score (nSPS) is 19.4. The second-order valence-electron chi connectivity index (χ2n) is 4.82. The van der Waals surface area contributed by atoms with E-state index in [1.165, 1.54) is 10.4 Å². The maximum absolute atomic E-state index is 10.5. The first kappa shape index (κ1) is 11.8. The van der Waals surface area contributed by atoms with Crippen LogP contribution in [0.3, 0.4) is 0 Å². The molecule has 1 aliphatic heterocycles. The molecule has 1 aromatic heterocycles. The molecule has 0 amide bonds. The van der Waals surface area contributed by atoms with Crippen LogP contribution in [0.15, 0.2) is 30.3 Å². The molecule has 1 N–H and O–H groups in total. The van der Waals surface area contributed by atoms with Crippen molar-refractivity contribution in [1.29, 1.82) is 0 Å². The molecule has 94 valence electrons. The van der Waals surface area contributed by atoms with Crippen molar-refractivity contribution >= 4 is 11.3 Å². The fraction of sp³-hybridized carbons (Fsp3) is 0.333. The molecular formula is C15H16O2S. The molecule has 0 spiro atoms. The smallest absolute Gasteiger partial charge is 0.134 e. The quantitative estimate of drug-likeness (QED) is 0.896. The zero-order valence-corrected chi connectivity index (χ0v) is 11.3. The standard InChI is InChI=1S/C15H16O2S/c1-9-7-10(2)18-15(9)14(16)13-8-11-5-3-4-6-12(11)17-13/h3-7,13-14,16H,8H2,1-2H3. The summed E-state index contributed by atoms with van der Waals surface area (Å²) in [6.07, 6.45) is 0.100. The number of para-hydroxylation sites is 1. The Balaban J connectivity index is 1.84. The van der Waals surface area contributed by atoms with Crippen molar-refractivity contribution in [2.75, 3.05) is 0 Å². The number of aliphatic hydroxyl groups excluding tert-OH is 1. The van der Waals surface area contributed by atoms with E-state index in [1.807, 2.05) is 25.1 Å². The van der Waals surface area contributed by atoms with Crippen molar-refractivity contribution in [1.82, 2.24) is 0 Å². The second-order valence-corrected chi connectivity index (χ2v) is 6.11. The third-order valence-corrected chi connectivity index (χ3v) is 4.60. The van der Waals surface area contributed by atoms with E-state index in [4.69, 9.17) is 4.74 Å². The van der Waals surface area contributed by atoms with Crippen molar-refractivity contribution in [3.8, 4) is 5.75 Å². The maximum atomic E-state index is 10.5. The van der Waals surface area contributed by atoms with E-state index in [2.05, 4.69) is 19.1 Å². The van der Waals surface area contributed by atoms with Gasteiger partial charge in [0, 0.05) is 16.2 Å². The summed E-state index contributed by atoms with van der Waals surface area (Å²) in [5.74, 6) is 0.910. The molecule has 0 radical (unpaired) electrons. The van der Waals surface area contributed by atoms with Gasteiger partial charge in [0.1, 0.15) is 18.0 Å². The van der Waals surface area contributed by atoms with Crippen molar-refractivity contribution < 1.29 is 9.84 Å². The highest BCUT2D eigenvalue weighted by Gasteiger charge is 2.31. The minimum atomic E-state index is -0.531. The Labute approximate surface area is 111 Å². The molecule has 0 saturated heterocycles. The van der Waals surface area contributed by atoms with Crippen LogP contribution in [0.2, 0.25) is 0 Å². The fourth-order valence-corrected chi connectivity index (χ4v) is 3.58. The molecule has 0 saturated carbocycles. The van der Waals surface area contributed by atoms with E-state index in [1.54, 1.807) is 11.3 Å². The Kier molecular flexibility index (Phi) is 2.88. The van der Waals surface area contributed by atoms with Gasteiger partial charge in [0.05, 0.1) is 0 Å². The van der Waals surface area contributed by atoms with Gasteiger partial charge in [0.15, 0.2) is 0 Å². The van der Waals surface area contributed by atoms with Crippen molar-refractivity contribution in [3.05, 3.63) is 51.2 Å². The van der Waals surface area contributed by atoms with Crippen LogP contribution in [-0.4, -0.2) is 11.2 Å². The molecule has 0 fully saturated rings. The SMILES string of the molecule is Cc1cc(C)c(C(O)C2Cc3ccccc3O2)s1. The zero-order chi connectivity index (χ0) is 12.7. The highest BCUT2D eigenvalue weighted by molar-refractivity contribution is 7.12. The maximum Gasteiger partial charge on any atom is 0.134 e. The number of aryl methyl sites for hydroxylation is 2. The van der Waals surface area contributed by atoms with Gasteiger partial charge < -0.3 is 9.84 Å². The summed E-state index contributed by atoms with van der Waals surface area (Å²) in [6.45, 7) is 4.11. The second kappa shape index (κ2) is 4.41. The number of aliphatic hydroxyl groups is 1. The first-order valence-corrected chi connectivity index (χ1v) is 6.96. The van der Waals surface area contributed by atoms with Crippen LogP contribution in [0.25, 0.3) is 0 Å². The number of fused-ring (bicyclic) bond motifs is 1. The first-order chi connectivity index (χ1) is 8.65. The van der Waals surface area contributed by atoms with E-state index >= 15 is 0 Å². The molecule has 0 aliphatic carbocycles. The molecule has 0 bridgehead atoms. The van der Waals surface area contributed by atoms with E-state index in [0.717, 1.165) is 22.6 Å². The largest absolute Gasteiger partial charge is 0.487 e. The van der Waals surface area contributed by atoms with Gasteiger partial charge in [-0.2, -0.15) is 0 Å². The minimum Gasteiger partial charge on any atom is -0.487 e. The third-order valence-electron chi connectivity index (χ3n) is 3.37. The average molecular weight is 260 g/mol. The molecule has 2 heterocycles. The van der Waals surface area contributed by atoms with E-state index < -0.39 is 6.10 Å². The van der Waals surface area contributed by atoms with Crippen LogP contribution in [0.1, 0.15) is 27.0 Å². The summed E-state index contributed by atoms with van der Waals surface area (Å²) >= 11 is 1.66. The number of hydrogen-bond donors (Lipinski definition) is 1. The average Bonchev–Trinajstić information content (AvgIpc) is 2.91. The minimum absolute atomic E-state index is 0.154. The van der Waals surface area contributed by atoms with Crippen LogP contribution >= 0.6 is 11.3 Å². The number of hydrogen-bond acceptors (Lipinski definition) is 3. The van der Waals surface area contributed by atoms with Crippen molar-refractivity contribution in [3.63, 3.8) is 0 Å². The predicted molar refractivity (Wildman–Crippen MR) is 73.3 cm³/mol. The molecule has 18 heavy (non-hydrogen) atoms. The van der Waals surface area contributed by atoms with Crippen LogP contribution in [0, 0.1) is 13.8 Å². The monoisotopic (exact) mass is 260 g/mol. The van der Waals surface area contributed by atoms with Gasteiger partial charge in [0.2, 0.25) is 0 Å². The van der Waals surface area contributed by atoms with Gasteiger partial charge >= 0.3 is 0 Å². The number of benzene rings is 1. The topological polar surface area (TPSA) is 29.5 Å². The number of ether oxygens (including phenoxy) is 1. The summed E-state index contributed by atoms with van der Waals surface area (Å²) in [5.41, 5.74) is 2.34. The summed E-state index contributed by atoms with van der Waals surface area (Å²) in [6, 6.07) is 10.1. The molecule has 2 unspecified atom stereocenters. The molecule has 3 heteroatoms. The lowest BCUT2D eigenvalue weighted by atomic mass is 10.0. The lowest BCUT2D eigenvalue weighted by Gasteiger charge is -2.17. The Hall–Kier alpha value is -1.32. The summed E-state index contributed by atoms with van der Waals surface area (Å²) in [5, 5.41) is 10.5. The van der Waals surface area contributed by atoms with Gasteiger partial charge in [-0.1, -0.05) is 18.2 Å². The molecule has 2 aromatic rings. The van der Waals surface area contributed by atoms with Gasteiger partial charge in [-0.15, -0.1) is 11.3 Å². The number of rotatable bonds is 2. The van der Waals surface area contributed by atoms with E-state index in [-0.39, 0.29) is 6.10 Å². The highest BCUT2D eigenvalue weighted by Crippen LogP contribution is 2.37. The Morgan fingerprint density at radius 2 is 2.11 bits per heavy atom. The summed E-state index contributed by atoms with van der Waals surface area (Å²) in [7, 11) is 0. The Morgan fingerprint density at radius 1 is 1.33 bits per heavy atom. The molecule has 1 aromatic carbocycles. The zero-order valence-electron chi connectivity index (χ0n) is 10.5. The number of thiophene rings is 1. The molecule has 2 atom stereocenters. The Morgan fingerprint density at radius 3 is 2.78 bits per heavy atom. The van der Waals surface area contributed by atoms with Gasteiger partial charge in [-0.3, -0.25) is 0 Å². The van der Waals surface area contributed by atoms with E-state index in [9.17, 15) is 5.11 Å². The van der Waals surface area contributed by atoms with Gasteiger partial charge in [-0.25, -0.2) is 0 Å². The lowest BCUT2D eigenvalue weighted by Crippen LogP contribution is -2.22. The predicted octanol–water partition coefficient (Wildman–Crippen LogP) is 3.40. The van der Waals surface area contributed by atoms with Crippen LogP contribution in [0.4, 0.5) is 0 Å². The van der Waals surface area contributed by atoms with Crippen LogP contribution in [-0.2, 0) is 6.42 Å². The molecule has 2 nitrogen and oxygen atoms in total. The first-order valence-electron chi connectivity index (χ1n) is 6.14. The Bertz CT molecular complexity index is 549. The molecular weight excluding hydrogens is 244 g/mol. The van der Waals surface area contributed by atoms with Gasteiger partial charge in [0.25, 0.3) is 0 Å². The molecule has 1 aliphatic rings.